The summed E-state index contributed by atoms with van der Waals surface area (Å²) in [6.07, 6.45) is 2.58. The summed E-state index contributed by atoms with van der Waals surface area (Å²) in [5, 5.41) is 9.12. The monoisotopic (exact) mass is 304 g/mol. The molecule has 1 saturated heterocycles. The number of hydrogen-bond donors (Lipinski definition) is 0. The summed E-state index contributed by atoms with van der Waals surface area (Å²) >= 11 is 4.94. The van der Waals surface area contributed by atoms with Crippen LogP contribution in [0.3, 0.4) is 0 Å². The number of rotatable bonds is 3. The van der Waals surface area contributed by atoms with Gasteiger partial charge >= 0.3 is 0 Å². The zero-order chi connectivity index (χ0) is 11.5. The number of hydrogen-bond acceptors (Lipinski definition) is 5. The molecule has 0 N–H and O–H groups in total. The molecule has 0 bridgehead atoms. The van der Waals surface area contributed by atoms with Gasteiger partial charge in [-0.2, -0.15) is 0 Å². The summed E-state index contributed by atoms with van der Waals surface area (Å²) in [5.41, 5.74) is 0. The lowest BCUT2D eigenvalue weighted by molar-refractivity contribution is 0.222. The van der Waals surface area contributed by atoms with Crippen molar-refractivity contribution >= 4 is 32.4 Å². The second-order valence-electron chi connectivity index (χ2n) is 4.46. The molecule has 1 aromatic heterocycles. The summed E-state index contributed by atoms with van der Waals surface area (Å²) in [6.45, 7) is 3.53. The highest BCUT2D eigenvalue weighted by atomic mass is 79.9. The maximum absolute atomic E-state index is 4.13. The Morgan fingerprint density at radius 3 is 2.69 bits per heavy atom. The van der Waals surface area contributed by atoms with Crippen molar-refractivity contribution in [2.24, 2.45) is 5.92 Å². The fourth-order valence-electron chi connectivity index (χ4n) is 2.06. The predicted octanol–water partition coefficient (Wildman–Crippen LogP) is 2.08. The van der Waals surface area contributed by atoms with Crippen molar-refractivity contribution in [3.05, 3.63) is 3.92 Å². The van der Waals surface area contributed by atoms with Gasteiger partial charge in [-0.25, -0.2) is 0 Å². The van der Waals surface area contributed by atoms with Crippen molar-refractivity contribution < 1.29 is 0 Å². The molecule has 1 aliphatic rings. The van der Waals surface area contributed by atoms with E-state index in [1.54, 1.807) is 11.3 Å². The third-order valence-corrected chi connectivity index (χ3v) is 4.56. The molecule has 16 heavy (non-hydrogen) atoms. The average molecular weight is 305 g/mol. The van der Waals surface area contributed by atoms with Crippen LogP contribution in [-0.2, 0) is 0 Å². The summed E-state index contributed by atoms with van der Waals surface area (Å²) in [4.78, 5) is 4.62. The van der Waals surface area contributed by atoms with E-state index in [1.165, 1.54) is 25.9 Å². The highest BCUT2D eigenvalue weighted by molar-refractivity contribution is 9.11. The van der Waals surface area contributed by atoms with Gasteiger partial charge in [-0.15, -0.1) is 10.2 Å². The lowest BCUT2D eigenvalue weighted by atomic mass is 9.97. The molecule has 0 radical (unpaired) electrons. The molecule has 2 rings (SSSR count). The summed E-state index contributed by atoms with van der Waals surface area (Å²) in [5.74, 6) is 0.795. The van der Waals surface area contributed by atoms with Crippen LogP contribution in [0.4, 0.5) is 5.13 Å². The third kappa shape index (κ3) is 3.15. The first-order chi connectivity index (χ1) is 7.65. The molecule has 0 spiro atoms. The molecule has 0 atom stereocenters. The van der Waals surface area contributed by atoms with Crippen LogP contribution in [0.5, 0.6) is 0 Å². The number of nitrogens with zero attached hydrogens (tertiary/aromatic N) is 4. The molecule has 0 aromatic carbocycles. The summed E-state index contributed by atoms with van der Waals surface area (Å²) < 4.78 is 0.859. The highest BCUT2D eigenvalue weighted by Crippen LogP contribution is 2.25. The van der Waals surface area contributed by atoms with E-state index >= 15 is 0 Å². The number of aromatic nitrogens is 2. The molecule has 2 heterocycles. The molecule has 0 saturated carbocycles. The number of likely N-dealkylation sites (tertiary alicyclic amines) is 1. The first-order valence-electron chi connectivity index (χ1n) is 5.54. The second kappa shape index (κ2) is 5.42. The zero-order valence-electron chi connectivity index (χ0n) is 9.69. The Labute approximate surface area is 109 Å². The zero-order valence-corrected chi connectivity index (χ0v) is 12.1. The Balaban J connectivity index is 1.85. The summed E-state index contributed by atoms with van der Waals surface area (Å²) in [6, 6.07) is 0. The van der Waals surface area contributed by atoms with Gasteiger partial charge in [-0.1, -0.05) is 11.3 Å². The van der Waals surface area contributed by atoms with E-state index in [-0.39, 0.29) is 0 Å². The quantitative estimate of drug-likeness (QED) is 0.856. The third-order valence-electron chi connectivity index (χ3n) is 3.09. The van der Waals surface area contributed by atoms with E-state index in [0.717, 1.165) is 21.5 Å². The largest absolute Gasteiger partial charge is 0.349 e. The molecule has 1 fully saturated rings. The Morgan fingerprint density at radius 1 is 1.44 bits per heavy atom. The van der Waals surface area contributed by atoms with Crippen LogP contribution in [0.1, 0.15) is 12.8 Å². The lowest BCUT2D eigenvalue weighted by Crippen LogP contribution is -2.35. The summed E-state index contributed by atoms with van der Waals surface area (Å²) in [7, 11) is 4.30. The minimum absolute atomic E-state index is 0.795. The molecule has 0 aliphatic carbocycles. The molecule has 90 valence electrons. The van der Waals surface area contributed by atoms with Crippen molar-refractivity contribution in [1.29, 1.82) is 0 Å². The van der Waals surface area contributed by atoms with Crippen LogP contribution < -0.4 is 4.90 Å². The molecule has 1 aromatic rings. The highest BCUT2D eigenvalue weighted by Gasteiger charge is 2.19. The van der Waals surface area contributed by atoms with Gasteiger partial charge in [-0.3, -0.25) is 0 Å². The van der Waals surface area contributed by atoms with Crippen molar-refractivity contribution in [2.45, 2.75) is 12.8 Å². The minimum Gasteiger partial charge on any atom is -0.349 e. The van der Waals surface area contributed by atoms with Gasteiger partial charge in [-0.05, 0) is 54.8 Å². The van der Waals surface area contributed by atoms with E-state index in [4.69, 9.17) is 0 Å². The molecule has 0 unspecified atom stereocenters. The predicted molar refractivity (Wildman–Crippen MR) is 71.1 cm³/mol. The Kier molecular flexibility index (Phi) is 4.16. The van der Waals surface area contributed by atoms with Crippen molar-refractivity contribution in [3.63, 3.8) is 0 Å². The first-order valence-corrected chi connectivity index (χ1v) is 7.15. The van der Waals surface area contributed by atoms with E-state index in [2.05, 4.69) is 50.0 Å². The van der Waals surface area contributed by atoms with Gasteiger partial charge in [0.15, 0.2) is 3.92 Å². The smallest absolute Gasteiger partial charge is 0.208 e. The number of halogens is 1. The average Bonchev–Trinajstić information content (AvgIpc) is 2.68. The Morgan fingerprint density at radius 2 is 2.12 bits per heavy atom. The minimum atomic E-state index is 0.795. The fourth-order valence-corrected chi connectivity index (χ4v) is 3.12. The number of piperidine rings is 1. The van der Waals surface area contributed by atoms with Gasteiger partial charge < -0.3 is 9.80 Å². The Bertz CT molecular complexity index is 335. The fraction of sp³-hybridized carbons (Fsp3) is 0.800. The van der Waals surface area contributed by atoms with Gasteiger partial charge in [0.05, 0.1) is 0 Å². The lowest BCUT2D eigenvalue weighted by Gasteiger charge is -2.31. The van der Waals surface area contributed by atoms with Gasteiger partial charge in [0, 0.05) is 13.6 Å². The molecule has 4 nitrogen and oxygen atoms in total. The van der Waals surface area contributed by atoms with E-state index in [9.17, 15) is 0 Å². The van der Waals surface area contributed by atoms with Crippen LogP contribution in [0, 0.1) is 5.92 Å². The van der Waals surface area contributed by atoms with E-state index < -0.39 is 0 Å². The van der Waals surface area contributed by atoms with Crippen LogP contribution in [-0.4, -0.2) is 48.8 Å². The molecule has 6 heteroatoms. The standard InChI is InChI=1S/C10H17BrN4S/c1-14-5-3-8(4-6-14)7-15(2)10-13-12-9(11)16-10/h8H,3-7H2,1-2H3. The van der Waals surface area contributed by atoms with Gasteiger partial charge in [0.1, 0.15) is 0 Å². The Hall–Kier alpha value is -0.200. The maximum Gasteiger partial charge on any atom is 0.208 e. The van der Waals surface area contributed by atoms with Crippen LogP contribution >= 0.6 is 27.3 Å². The second-order valence-corrected chi connectivity index (χ2v) is 6.70. The normalized spacial score (nSPS) is 18.9. The molecule has 1 aliphatic heterocycles. The molecular weight excluding hydrogens is 288 g/mol. The van der Waals surface area contributed by atoms with Crippen molar-refractivity contribution in [1.82, 2.24) is 15.1 Å². The molecular formula is C10H17BrN4S. The van der Waals surface area contributed by atoms with E-state index in [0.29, 0.717) is 0 Å². The first kappa shape index (κ1) is 12.3. The maximum atomic E-state index is 4.13. The van der Waals surface area contributed by atoms with Crippen molar-refractivity contribution in [3.8, 4) is 0 Å². The SMILES string of the molecule is CN1CCC(CN(C)c2nnc(Br)s2)CC1. The van der Waals surface area contributed by atoms with Gasteiger partial charge in [0.2, 0.25) is 5.13 Å². The van der Waals surface area contributed by atoms with Crippen LogP contribution in [0.2, 0.25) is 0 Å². The van der Waals surface area contributed by atoms with Gasteiger partial charge in [0.25, 0.3) is 0 Å². The molecule has 0 amide bonds. The van der Waals surface area contributed by atoms with Crippen LogP contribution in [0.15, 0.2) is 3.92 Å². The topological polar surface area (TPSA) is 32.3 Å². The van der Waals surface area contributed by atoms with Crippen molar-refractivity contribution in [2.75, 3.05) is 38.6 Å². The van der Waals surface area contributed by atoms with Crippen LogP contribution in [0.25, 0.3) is 0 Å². The number of anilines is 1. The van der Waals surface area contributed by atoms with E-state index in [1.807, 2.05) is 0 Å².